The number of nitrogens with one attached hydrogen (secondary N) is 2. The molecular formula is C16H25IN4O2S. The van der Waals surface area contributed by atoms with Gasteiger partial charge in [0.05, 0.1) is 18.0 Å². The van der Waals surface area contributed by atoms with E-state index in [1.807, 2.05) is 31.2 Å². The average Bonchev–Trinajstić information content (AvgIpc) is 3.22. The lowest BCUT2D eigenvalue weighted by atomic mass is 10.2. The van der Waals surface area contributed by atoms with Crippen molar-refractivity contribution in [2.24, 2.45) is 4.99 Å². The lowest BCUT2D eigenvalue weighted by molar-refractivity contribution is 0.592. The Labute approximate surface area is 161 Å². The number of hydrogen-bond acceptors (Lipinski definition) is 3. The Kier molecular flexibility index (Phi) is 6.73. The predicted molar refractivity (Wildman–Crippen MR) is 109 cm³/mol. The molecule has 1 aromatic carbocycles. The molecule has 1 saturated carbocycles. The van der Waals surface area contributed by atoms with E-state index < -0.39 is 10.0 Å². The van der Waals surface area contributed by atoms with Gasteiger partial charge in [-0.05, 0) is 37.8 Å². The van der Waals surface area contributed by atoms with E-state index in [-0.39, 0.29) is 36.3 Å². The molecule has 0 amide bonds. The molecule has 8 heteroatoms. The van der Waals surface area contributed by atoms with Gasteiger partial charge in [-0.15, -0.1) is 24.0 Å². The summed E-state index contributed by atoms with van der Waals surface area (Å²) in [5, 5.41) is 6.45. The molecule has 0 spiro atoms. The van der Waals surface area contributed by atoms with Gasteiger partial charge < -0.3 is 10.6 Å². The summed E-state index contributed by atoms with van der Waals surface area (Å²) in [6.45, 7) is 3.57. The van der Waals surface area contributed by atoms with Crippen LogP contribution in [0.25, 0.3) is 0 Å². The lowest BCUT2D eigenvalue weighted by Gasteiger charge is -2.19. The maximum Gasteiger partial charge on any atom is 0.237 e. The number of halogens is 1. The van der Waals surface area contributed by atoms with Crippen LogP contribution in [0, 0.1) is 0 Å². The number of sulfonamides is 1. The Hall–Kier alpha value is -1.03. The molecule has 2 aliphatic rings. The molecule has 0 aromatic heterocycles. The molecule has 0 radical (unpaired) electrons. The first-order chi connectivity index (χ1) is 11.1. The van der Waals surface area contributed by atoms with E-state index >= 15 is 0 Å². The fraction of sp³-hybridized carbons (Fsp3) is 0.562. The molecule has 2 N–H and O–H groups in total. The molecule has 1 aromatic rings. The van der Waals surface area contributed by atoms with Crippen molar-refractivity contribution in [2.75, 3.05) is 29.7 Å². The third-order valence-corrected chi connectivity index (χ3v) is 5.81. The summed E-state index contributed by atoms with van der Waals surface area (Å²) in [6.07, 6.45) is 3.10. The van der Waals surface area contributed by atoms with Gasteiger partial charge in [0, 0.05) is 19.1 Å². The number of guanidine groups is 1. The predicted octanol–water partition coefficient (Wildman–Crippen LogP) is 1.71. The van der Waals surface area contributed by atoms with Crippen molar-refractivity contribution in [2.45, 2.75) is 32.2 Å². The van der Waals surface area contributed by atoms with E-state index in [1.54, 1.807) is 0 Å². The molecule has 1 aliphatic carbocycles. The summed E-state index contributed by atoms with van der Waals surface area (Å²) in [7, 11) is -3.33. The third kappa shape index (κ3) is 4.75. The number of benzene rings is 1. The summed E-state index contributed by atoms with van der Waals surface area (Å²) >= 11 is 0. The van der Waals surface area contributed by atoms with Gasteiger partial charge in [-0.25, -0.2) is 8.42 Å². The zero-order valence-electron chi connectivity index (χ0n) is 13.9. The van der Waals surface area contributed by atoms with Crippen LogP contribution in [0.15, 0.2) is 29.3 Å². The number of fused-ring (bicyclic) bond motifs is 1. The van der Waals surface area contributed by atoms with Crippen LogP contribution in [0.4, 0.5) is 5.69 Å². The monoisotopic (exact) mass is 464 g/mol. The van der Waals surface area contributed by atoms with Gasteiger partial charge >= 0.3 is 0 Å². The fourth-order valence-electron chi connectivity index (χ4n) is 2.72. The topological polar surface area (TPSA) is 73.8 Å². The van der Waals surface area contributed by atoms with Gasteiger partial charge in [0.2, 0.25) is 10.0 Å². The normalized spacial score (nSPS) is 17.2. The van der Waals surface area contributed by atoms with Gasteiger partial charge in [0.25, 0.3) is 0 Å². The highest BCUT2D eigenvalue weighted by Gasteiger charge is 2.28. The largest absolute Gasteiger partial charge is 0.357 e. The molecular weight excluding hydrogens is 439 g/mol. The van der Waals surface area contributed by atoms with Crippen molar-refractivity contribution in [3.05, 3.63) is 29.8 Å². The second-order valence-corrected chi connectivity index (χ2v) is 7.96. The number of nitrogens with zero attached hydrogens (tertiary/aromatic N) is 2. The quantitative estimate of drug-likeness (QED) is 0.382. The number of aliphatic imine (C=N–C) groups is 1. The Balaban J connectivity index is 0.00000208. The molecule has 134 valence electrons. The summed E-state index contributed by atoms with van der Waals surface area (Å²) < 4.78 is 26.7. The van der Waals surface area contributed by atoms with Crippen LogP contribution in [0.3, 0.4) is 0 Å². The molecule has 0 unspecified atom stereocenters. The maximum absolute atomic E-state index is 12.6. The zero-order chi connectivity index (χ0) is 16.3. The van der Waals surface area contributed by atoms with Crippen molar-refractivity contribution in [3.8, 4) is 0 Å². The van der Waals surface area contributed by atoms with Gasteiger partial charge in [0.1, 0.15) is 0 Å². The van der Waals surface area contributed by atoms with Gasteiger partial charge in [-0.3, -0.25) is 9.30 Å². The van der Waals surface area contributed by atoms with E-state index in [9.17, 15) is 8.42 Å². The molecule has 1 fully saturated rings. The van der Waals surface area contributed by atoms with Gasteiger partial charge in [0.15, 0.2) is 5.96 Å². The lowest BCUT2D eigenvalue weighted by Crippen LogP contribution is -2.39. The molecule has 1 aliphatic heterocycles. The number of rotatable bonds is 6. The Morgan fingerprint density at radius 3 is 2.79 bits per heavy atom. The molecule has 0 bridgehead atoms. The van der Waals surface area contributed by atoms with Crippen LogP contribution in [0.1, 0.15) is 25.3 Å². The smallest absolute Gasteiger partial charge is 0.237 e. The molecule has 0 saturated heterocycles. The summed E-state index contributed by atoms with van der Waals surface area (Å²) in [5.41, 5.74) is 1.92. The standard InChI is InChI=1S/C16H24N4O2S.HI/c1-2-17-16(19-14-7-8-14)18-10-12-23(21,22)20-11-9-13-5-3-4-6-15(13)20;/h3-6,14H,2,7-12H2,1H3,(H2,17,18,19);1H. The van der Waals surface area contributed by atoms with Crippen molar-refractivity contribution < 1.29 is 8.42 Å². The van der Waals surface area contributed by atoms with E-state index in [4.69, 9.17) is 0 Å². The fourth-order valence-corrected chi connectivity index (χ4v) is 4.11. The van der Waals surface area contributed by atoms with E-state index in [0.717, 1.165) is 37.1 Å². The highest BCUT2D eigenvalue weighted by atomic mass is 127. The number of anilines is 1. The third-order valence-electron chi connectivity index (χ3n) is 4.06. The van der Waals surface area contributed by atoms with Gasteiger partial charge in [-0.1, -0.05) is 18.2 Å². The van der Waals surface area contributed by atoms with E-state index in [2.05, 4.69) is 15.6 Å². The molecule has 3 rings (SSSR count). The second kappa shape index (κ2) is 8.37. The highest BCUT2D eigenvalue weighted by Crippen LogP contribution is 2.29. The maximum atomic E-state index is 12.6. The van der Waals surface area contributed by atoms with Crippen LogP contribution in [-0.4, -0.2) is 45.8 Å². The molecule has 24 heavy (non-hydrogen) atoms. The highest BCUT2D eigenvalue weighted by molar-refractivity contribution is 14.0. The average molecular weight is 464 g/mol. The summed E-state index contributed by atoms with van der Waals surface area (Å²) in [5.74, 6) is 0.745. The summed E-state index contributed by atoms with van der Waals surface area (Å²) in [6, 6.07) is 8.20. The van der Waals surface area contributed by atoms with Crippen LogP contribution < -0.4 is 14.9 Å². The Bertz CT molecular complexity index is 689. The van der Waals surface area contributed by atoms with Crippen molar-refractivity contribution in [3.63, 3.8) is 0 Å². The van der Waals surface area contributed by atoms with Crippen molar-refractivity contribution in [1.82, 2.24) is 10.6 Å². The minimum Gasteiger partial charge on any atom is -0.357 e. The van der Waals surface area contributed by atoms with E-state index in [0.29, 0.717) is 18.5 Å². The number of para-hydroxylation sites is 1. The Morgan fingerprint density at radius 2 is 2.08 bits per heavy atom. The minimum atomic E-state index is -3.33. The van der Waals surface area contributed by atoms with Crippen molar-refractivity contribution in [1.29, 1.82) is 0 Å². The molecule has 6 nitrogen and oxygen atoms in total. The minimum absolute atomic E-state index is 0. The summed E-state index contributed by atoms with van der Waals surface area (Å²) in [4.78, 5) is 4.39. The molecule has 0 atom stereocenters. The first kappa shape index (κ1) is 19.3. The zero-order valence-corrected chi connectivity index (χ0v) is 17.0. The second-order valence-electron chi connectivity index (χ2n) is 5.95. The first-order valence-corrected chi connectivity index (χ1v) is 9.84. The van der Waals surface area contributed by atoms with Gasteiger partial charge in [-0.2, -0.15) is 0 Å². The van der Waals surface area contributed by atoms with Crippen LogP contribution in [0.5, 0.6) is 0 Å². The van der Waals surface area contributed by atoms with Crippen LogP contribution in [0.2, 0.25) is 0 Å². The molecule has 1 heterocycles. The Morgan fingerprint density at radius 1 is 1.33 bits per heavy atom. The van der Waals surface area contributed by atoms with Crippen LogP contribution >= 0.6 is 24.0 Å². The van der Waals surface area contributed by atoms with Crippen molar-refractivity contribution >= 4 is 45.6 Å². The SMILES string of the molecule is CCNC(=NCCS(=O)(=O)N1CCc2ccccc21)NC1CC1.I. The van der Waals surface area contributed by atoms with E-state index in [1.165, 1.54) is 4.31 Å². The first-order valence-electron chi connectivity index (χ1n) is 8.23. The van der Waals surface area contributed by atoms with Crippen LogP contribution in [-0.2, 0) is 16.4 Å². The number of hydrogen-bond donors (Lipinski definition) is 2.